The lowest BCUT2D eigenvalue weighted by Gasteiger charge is -2.46. The topological polar surface area (TPSA) is 77.2 Å². The van der Waals surface area contributed by atoms with Gasteiger partial charge in [-0.15, -0.1) is 5.10 Å². The number of amides is 1. The molecule has 20 heavy (non-hydrogen) atoms. The number of nitrogens with zero attached hydrogens (tertiary/aromatic N) is 4. The van der Waals surface area contributed by atoms with Crippen LogP contribution in [0.25, 0.3) is 0 Å². The predicted molar refractivity (Wildman–Crippen MR) is 74.5 cm³/mol. The molecule has 2 aliphatic rings. The highest BCUT2D eigenvalue weighted by molar-refractivity contribution is 5.91. The van der Waals surface area contributed by atoms with Gasteiger partial charge in [-0.1, -0.05) is 6.92 Å². The van der Waals surface area contributed by atoms with E-state index >= 15 is 0 Å². The highest BCUT2D eigenvalue weighted by atomic mass is 16.2. The lowest BCUT2D eigenvalue weighted by atomic mass is 10.1. The van der Waals surface area contributed by atoms with E-state index in [1.165, 1.54) is 0 Å². The Morgan fingerprint density at radius 1 is 1.35 bits per heavy atom. The Kier molecular flexibility index (Phi) is 3.98. The Hall–Kier alpha value is -1.47. The normalized spacial score (nSPS) is 20.9. The Labute approximate surface area is 118 Å². The third-order valence-electron chi connectivity index (χ3n) is 4.03. The van der Waals surface area contributed by atoms with Crippen molar-refractivity contribution in [2.45, 2.75) is 25.8 Å². The molecule has 0 bridgehead atoms. The van der Waals surface area contributed by atoms with Crippen LogP contribution in [-0.2, 0) is 6.42 Å². The quantitative estimate of drug-likeness (QED) is 0.775. The van der Waals surface area contributed by atoms with Gasteiger partial charge in [0.2, 0.25) is 5.82 Å². The molecule has 110 valence electrons. The lowest BCUT2D eigenvalue weighted by molar-refractivity contribution is 0.0218. The molecule has 0 spiro atoms. The number of hydrogen-bond donors (Lipinski definition) is 2. The summed E-state index contributed by atoms with van der Waals surface area (Å²) in [5.41, 5.74) is 0. The SMILES string of the molecule is CCCc1nc(C(=O)N2CC(N3CCNCC3)C2)n[nH]1. The summed E-state index contributed by atoms with van der Waals surface area (Å²) in [6.07, 6.45) is 1.83. The standard InChI is InChI=1S/C13H22N6O/c1-2-3-11-15-12(17-16-11)13(20)19-8-10(9-19)18-6-4-14-5-7-18/h10,14H,2-9H2,1H3,(H,15,16,17). The summed E-state index contributed by atoms with van der Waals surface area (Å²) in [7, 11) is 0. The number of aryl methyl sites for hydroxylation is 1. The van der Waals surface area contributed by atoms with Crippen molar-refractivity contribution < 1.29 is 4.79 Å². The molecule has 2 aliphatic heterocycles. The number of hydrogen-bond acceptors (Lipinski definition) is 5. The van der Waals surface area contributed by atoms with Crippen LogP contribution in [0.3, 0.4) is 0 Å². The maximum absolute atomic E-state index is 12.2. The van der Waals surface area contributed by atoms with Gasteiger partial charge in [0, 0.05) is 51.7 Å². The second-order valence-corrected chi connectivity index (χ2v) is 5.51. The van der Waals surface area contributed by atoms with Crippen LogP contribution in [0.1, 0.15) is 29.8 Å². The molecule has 0 aromatic carbocycles. The third-order valence-corrected chi connectivity index (χ3v) is 4.03. The first kappa shape index (κ1) is 13.5. The van der Waals surface area contributed by atoms with Gasteiger partial charge in [-0.05, 0) is 6.42 Å². The number of aromatic amines is 1. The fourth-order valence-electron chi connectivity index (χ4n) is 2.78. The van der Waals surface area contributed by atoms with Gasteiger partial charge >= 0.3 is 0 Å². The second-order valence-electron chi connectivity index (χ2n) is 5.51. The molecule has 2 N–H and O–H groups in total. The molecule has 1 aromatic rings. The Morgan fingerprint density at radius 3 is 2.80 bits per heavy atom. The summed E-state index contributed by atoms with van der Waals surface area (Å²) in [5.74, 6) is 1.07. The van der Waals surface area contributed by atoms with Gasteiger partial charge in [0.15, 0.2) is 0 Å². The molecule has 0 radical (unpaired) electrons. The largest absolute Gasteiger partial charge is 0.333 e. The van der Waals surface area contributed by atoms with Gasteiger partial charge in [-0.2, -0.15) is 0 Å². The number of piperazine rings is 1. The number of H-pyrrole nitrogens is 1. The van der Waals surface area contributed by atoms with Crippen LogP contribution in [0.2, 0.25) is 0 Å². The zero-order valence-corrected chi connectivity index (χ0v) is 11.9. The Bertz CT molecular complexity index is 461. The van der Waals surface area contributed by atoms with Gasteiger partial charge in [0.1, 0.15) is 5.82 Å². The van der Waals surface area contributed by atoms with Crippen LogP contribution in [0.5, 0.6) is 0 Å². The Balaban J connectivity index is 1.51. The molecule has 3 rings (SSSR count). The van der Waals surface area contributed by atoms with Gasteiger partial charge in [0.25, 0.3) is 5.91 Å². The molecule has 7 heteroatoms. The molecule has 7 nitrogen and oxygen atoms in total. The smallest absolute Gasteiger partial charge is 0.293 e. The maximum Gasteiger partial charge on any atom is 0.293 e. The van der Waals surface area contributed by atoms with E-state index in [1.807, 2.05) is 4.90 Å². The minimum Gasteiger partial charge on any atom is -0.333 e. The van der Waals surface area contributed by atoms with Crippen LogP contribution >= 0.6 is 0 Å². The van der Waals surface area contributed by atoms with Gasteiger partial charge in [-0.3, -0.25) is 14.8 Å². The maximum atomic E-state index is 12.2. The number of nitrogens with one attached hydrogen (secondary N) is 2. The molecule has 0 unspecified atom stereocenters. The first-order valence-corrected chi connectivity index (χ1v) is 7.43. The van der Waals surface area contributed by atoms with E-state index in [0.717, 1.165) is 57.9 Å². The molecule has 3 heterocycles. The summed E-state index contributed by atoms with van der Waals surface area (Å²) in [4.78, 5) is 20.8. The van der Waals surface area contributed by atoms with E-state index in [-0.39, 0.29) is 5.91 Å². The molecule has 1 aromatic heterocycles. The molecule has 1 amide bonds. The first-order chi connectivity index (χ1) is 9.78. The third kappa shape index (κ3) is 2.69. The van der Waals surface area contributed by atoms with Crippen molar-refractivity contribution in [3.05, 3.63) is 11.6 Å². The second kappa shape index (κ2) is 5.88. The Morgan fingerprint density at radius 2 is 2.10 bits per heavy atom. The van der Waals surface area contributed by atoms with Gasteiger partial charge < -0.3 is 10.2 Å². The number of carbonyl (C=O) groups excluding carboxylic acids is 1. The van der Waals surface area contributed by atoms with Crippen LogP contribution in [0, 0.1) is 0 Å². The zero-order chi connectivity index (χ0) is 13.9. The minimum atomic E-state index is -0.0463. The van der Waals surface area contributed by atoms with Crippen LogP contribution in [-0.4, -0.2) is 76.2 Å². The molecule has 2 fully saturated rings. The summed E-state index contributed by atoms with van der Waals surface area (Å²) >= 11 is 0. The van der Waals surface area contributed by atoms with Crippen molar-refractivity contribution in [2.75, 3.05) is 39.3 Å². The summed E-state index contributed by atoms with van der Waals surface area (Å²) < 4.78 is 0. The van der Waals surface area contributed by atoms with Crippen LogP contribution < -0.4 is 5.32 Å². The molecular weight excluding hydrogens is 256 g/mol. The predicted octanol–water partition coefficient (Wildman–Crippen LogP) is -0.513. The average Bonchev–Trinajstić information content (AvgIpc) is 2.87. The molecule has 0 atom stereocenters. The minimum absolute atomic E-state index is 0.0463. The number of likely N-dealkylation sites (tertiary alicyclic amines) is 1. The van der Waals surface area contributed by atoms with Gasteiger partial charge in [0.05, 0.1) is 0 Å². The van der Waals surface area contributed by atoms with Crippen molar-refractivity contribution in [1.82, 2.24) is 30.3 Å². The highest BCUT2D eigenvalue weighted by Gasteiger charge is 2.36. The van der Waals surface area contributed by atoms with E-state index in [0.29, 0.717) is 11.9 Å². The van der Waals surface area contributed by atoms with Crippen LogP contribution in [0.15, 0.2) is 0 Å². The fraction of sp³-hybridized carbons (Fsp3) is 0.769. The first-order valence-electron chi connectivity index (χ1n) is 7.43. The monoisotopic (exact) mass is 278 g/mol. The average molecular weight is 278 g/mol. The van der Waals surface area contributed by atoms with E-state index in [9.17, 15) is 4.79 Å². The van der Waals surface area contributed by atoms with E-state index in [4.69, 9.17) is 0 Å². The number of rotatable bonds is 4. The van der Waals surface area contributed by atoms with E-state index in [1.54, 1.807) is 0 Å². The van der Waals surface area contributed by atoms with E-state index in [2.05, 4.69) is 32.3 Å². The highest BCUT2D eigenvalue weighted by Crippen LogP contribution is 2.17. The van der Waals surface area contributed by atoms with Crippen molar-refractivity contribution in [2.24, 2.45) is 0 Å². The summed E-state index contributed by atoms with van der Waals surface area (Å²) in [6.45, 7) is 7.93. The lowest BCUT2D eigenvalue weighted by Crippen LogP contribution is -2.64. The molecule has 2 saturated heterocycles. The van der Waals surface area contributed by atoms with Crippen LogP contribution in [0.4, 0.5) is 0 Å². The van der Waals surface area contributed by atoms with Gasteiger partial charge in [-0.25, -0.2) is 4.98 Å². The molecular formula is C13H22N6O. The number of aromatic nitrogens is 3. The van der Waals surface area contributed by atoms with Crippen molar-refractivity contribution >= 4 is 5.91 Å². The summed E-state index contributed by atoms with van der Waals surface area (Å²) in [5, 5.41) is 10.2. The van der Waals surface area contributed by atoms with Crippen molar-refractivity contribution in [3.63, 3.8) is 0 Å². The number of carbonyl (C=O) groups is 1. The molecule has 0 saturated carbocycles. The van der Waals surface area contributed by atoms with E-state index < -0.39 is 0 Å². The van der Waals surface area contributed by atoms with Crippen molar-refractivity contribution in [1.29, 1.82) is 0 Å². The van der Waals surface area contributed by atoms with Crippen molar-refractivity contribution in [3.8, 4) is 0 Å². The zero-order valence-electron chi connectivity index (χ0n) is 11.9. The summed E-state index contributed by atoms with van der Waals surface area (Å²) in [6, 6.07) is 0.509. The molecule has 0 aliphatic carbocycles. The fourth-order valence-corrected chi connectivity index (χ4v) is 2.78.